The van der Waals surface area contributed by atoms with Crippen LogP contribution in [0.1, 0.15) is 72.6 Å². The number of hydrogen-bond donors (Lipinski definition) is 1. The number of ether oxygens (including phenoxy) is 2. The molecular formula is C27H39NO7S. The maximum atomic E-state index is 12.8. The second-order valence-corrected chi connectivity index (χ2v) is 13.5. The summed E-state index contributed by atoms with van der Waals surface area (Å²) in [5.74, 6) is 0.333. The van der Waals surface area contributed by atoms with Gasteiger partial charge in [-0.25, -0.2) is 18.2 Å². The molecule has 8 nitrogen and oxygen atoms in total. The van der Waals surface area contributed by atoms with Crippen LogP contribution in [0, 0.1) is 23.7 Å². The second kappa shape index (κ2) is 9.66. The van der Waals surface area contributed by atoms with Crippen LogP contribution in [0.2, 0.25) is 0 Å². The summed E-state index contributed by atoms with van der Waals surface area (Å²) in [4.78, 5) is 25.1. The van der Waals surface area contributed by atoms with Crippen molar-refractivity contribution in [2.75, 3.05) is 11.1 Å². The van der Waals surface area contributed by atoms with E-state index >= 15 is 0 Å². The summed E-state index contributed by atoms with van der Waals surface area (Å²) >= 11 is 0. The highest BCUT2D eigenvalue weighted by atomic mass is 32.2. The van der Waals surface area contributed by atoms with Crippen molar-refractivity contribution in [1.29, 1.82) is 0 Å². The molecule has 1 aromatic carbocycles. The number of rotatable bonds is 7. The fraction of sp³-hybridized carbons (Fsp3) is 0.741. The minimum atomic E-state index is -3.35. The van der Waals surface area contributed by atoms with E-state index in [0.29, 0.717) is 30.4 Å². The minimum Gasteiger partial charge on any atom is -0.346 e. The first kappa shape index (κ1) is 26.1. The van der Waals surface area contributed by atoms with E-state index in [1.54, 1.807) is 18.2 Å². The summed E-state index contributed by atoms with van der Waals surface area (Å²) < 4.78 is 37.8. The molecule has 1 amide bonds. The van der Waals surface area contributed by atoms with Crippen molar-refractivity contribution < 1.29 is 32.5 Å². The molecule has 1 aliphatic carbocycles. The summed E-state index contributed by atoms with van der Waals surface area (Å²) in [6.45, 7) is 8.23. The quantitative estimate of drug-likeness (QED) is 0.513. The van der Waals surface area contributed by atoms with Gasteiger partial charge in [0.05, 0.1) is 16.8 Å². The van der Waals surface area contributed by atoms with Crippen molar-refractivity contribution in [2.24, 2.45) is 23.7 Å². The van der Waals surface area contributed by atoms with Gasteiger partial charge in [0.2, 0.25) is 11.7 Å². The molecule has 1 spiro atoms. The van der Waals surface area contributed by atoms with E-state index in [2.05, 4.69) is 19.2 Å². The summed E-state index contributed by atoms with van der Waals surface area (Å²) in [6, 6.07) is 6.47. The number of anilines is 1. The largest absolute Gasteiger partial charge is 0.346 e. The summed E-state index contributed by atoms with van der Waals surface area (Å²) in [7, 11) is -3.35. The van der Waals surface area contributed by atoms with Gasteiger partial charge < -0.3 is 14.8 Å². The van der Waals surface area contributed by atoms with Gasteiger partial charge >= 0.3 is 0 Å². The van der Waals surface area contributed by atoms with Crippen molar-refractivity contribution in [2.45, 2.75) is 101 Å². The van der Waals surface area contributed by atoms with Crippen molar-refractivity contribution >= 4 is 21.4 Å². The zero-order chi connectivity index (χ0) is 25.7. The number of sulfone groups is 1. The van der Waals surface area contributed by atoms with Gasteiger partial charge in [0.25, 0.3) is 0 Å². The van der Waals surface area contributed by atoms with Gasteiger partial charge in [-0.1, -0.05) is 26.8 Å². The van der Waals surface area contributed by atoms with E-state index < -0.39 is 27.5 Å². The Bertz CT molecular complexity index is 1090. The number of nitrogens with one attached hydrogen (secondary N) is 1. The van der Waals surface area contributed by atoms with Crippen LogP contribution < -0.4 is 5.32 Å². The first-order chi connectivity index (χ1) is 17.1. The molecule has 6 rings (SSSR count). The smallest absolute Gasteiger partial charge is 0.224 e. The number of amides is 1. The average molecular weight is 522 g/mol. The zero-order valence-electron chi connectivity index (χ0n) is 21.7. The monoisotopic (exact) mass is 521 g/mol. The lowest BCUT2D eigenvalue weighted by Gasteiger charge is -2.60. The molecule has 5 aliphatic rings. The lowest BCUT2D eigenvalue weighted by molar-refractivity contribution is -0.571. The Morgan fingerprint density at radius 3 is 2.72 bits per heavy atom. The highest BCUT2D eigenvalue weighted by Crippen LogP contribution is 2.60. The normalized spacial score (nSPS) is 39.8. The Kier molecular flexibility index (Phi) is 7.00. The molecule has 4 heterocycles. The molecule has 0 aromatic heterocycles. The minimum absolute atomic E-state index is 0.0840. The van der Waals surface area contributed by atoms with E-state index in [9.17, 15) is 13.2 Å². The van der Waals surface area contributed by atoms with Crippen LogP contribution >= 0.6 is 0 Å². The Balaban J connectivity index is 1.27. The molecule has 8 atom stereocenters. The molecule has 36 heavy (non-hydrogen) atoms. The lowest BCUT2D eigenvalue weighted by atomic mass is 9.57. The molecule has 4 saturated heterocycles. The number of carbonyl (C=O) groups excluding carboxylic acids is 1. The number of benzene rings is 1. The maximum absolute atomic E-state index is 12.8. The summed E-state index contributed by atoms with van der Waals surface area (Å²) in [6.07, 6.45) is 4.61. The first-order valence-corrected chi connectivity index (χ1v) is 15.1. The Labute approximate surface area is 214 Å². The molecule has 1 N–H and O–H groups in total. The van der Waals surface area contributed by atoms with Crippen LogP contribution in [0.15, 0.2) is 29.2 Å². The Morgan fingerprint density at radius 2 is 1.94 bits per heavy atom. The van der Waals surface area contributed by atoms with Crippen LogP contribution in [-0.4, -0.2) is 43.9 Å². The van der Waals surface area contributed by atoms with Gasteiger partial charge in [-0.2, -0.15) is 0 Å². The third kappa shape index (κ3) is 4.51. The highest BCUT2D eigenvalue weighted by Gasteiger charge is 2.69. The molecule has 1 aromatic rings. The van der Waals surface area contributed by atoms with Gasteiger partial charge in [-0.3, -0.25) is 4.79 Å². The molecule has 2 bridgehead atoms. The zero-order valence-corrected chi connectivity index (χ0v) is 22.5. The average Bonchev–Trinajstić information content (AvgIpc) is 3.06. The molecule has 9 heteroatoms. The third-order valence-electron chi connectivity index (χ3n) is 8.90. The number of hydrogen-bond acceptors (Lipinski definition) is 7. The summed E-state index contributed by atoms with van der Waals surface area (Å²) in [5.41, 5.74) is -0.114. The van der Waals surface area contributed by atoms with Crippen LogP contribution in [0.4, 0.5) is 5.69 Å². The van der Waals surface area contributed by atoms with Crippen molar-refractivity contribution in [3.63, 3.8) is 0 Å². The van der Waals surface area contributed by atoms with Crippen molar-refractivity contribution in [3.05, 3.63) is 24.3 Å². The molecule has 0 radical (unpaired) electrons. The maximum Gasteiger partial charge on any atom is 0.224 e. The topological polar surface area (TPSA) is 100 Å². The second-order valence-electron chi connectivity index (χ2n) is 11.4. The fourth-order valence-electron chi connectivity index (χ4n) is 6.96. The van der Waals surface area contributed by atoms with E-state index in [1.807, 2.05) is 13.8 Å². The first-order valence-electron chi connectivity index (χ1n) is 13.4. The highest BCUT2D eigenvalue weighted by molar-refractivity contribution is 7.91. The molecular weight excluding hydrogens is 482 g/mol. The van der Waals surface area contributed by atoms with Gasteiger partial charge in [-0.15, -0.1) is 0 Å². The SMILES string of the molecule is CCCS(=O)(=O)c1cccc(NC(=O)CC[C@H]2O[C@@H]3O[C@]4(C)CC[C@H]5[C@H](C)CC[C@@H]([C@H]2C)[C@@]35OO4)c1. The van der Waals surface area contributed by atoms with E-state index in [4.69, 9.17) is 19.2 Å². The van der Waals surface area contributed by atoms with E-state index in [-0.39, 0.29) is 40.9 Å². The van der Waals surface area contributed by atoms with Crippen molar-refractivity contribution in [3.8, 4) is 0 Å². The van der Waals surface area contributed by atoms with Crippen LogP contribution in [0.5, 0.6) is 0 Å². The molecule has 200 valence electrons. The van der Waals surface area contributed by atoms with Gasteiger partial charge in [0, 0.05) is 24.4 Å². The van der Waals surface area contributed by atoms with Crippen LogP contribution in [0.25, 0.3) is 0 Å². The van der Waals surface area contributed by atoms with E-state index in [1.165, 1.54) is 6.07 Å². The lowest BCUT2D eigenvalue weighted by Crippen LogP contribution is -2.70. The Morgan fingerprint density at radius 1 is 1.14 bits per heavy atom. The van der Waals surface area contributed by atoms with Crippen LogP contribution in [-0.2, 0) is 33.9 Å². The molecule has 5 fully saturated rings. The summed E-state index contributed by atoms with van der Waals surface area (Å²) in [5, 5.41) is 2.86. The molecule has 1 saturated carbocycles. The predicted octanol–water partition coefficient (Wildman–Crippen LogP) is 4.84. The Hall–Kier alpha value is -1.52. The number of carbonyl (C=O) groups is 1. The standard InChI is InChI=1S/C27H39NO7S/c1-5-15-36(30,31)20-8-6-7-19(16-20)28-24(29)12-11-23-18(3)22-10-9-17(2)21-13-14-26(4)33-25(32-23)27(21,22)35-34-26/h6-8,16-18,21-23,25H,5,9-15H2,1-4H3,(H,28,29)/t17-,18-,21+,22+,23-,25-,26+,27-/m1/s1. The molecule has 0 unspecified atom stereocenters. The number of fused-ring (bicyclic) bond motifs is 2. The predicted molar refractivity (Wildman–Crippen MR) is 133 cm³/mol. The van der Waals surface area contributed by atoms with Gasteiger partial charge in [0.15, 0.2) is 21.7 Å². The van der Waals surface area contributed by atoms with Gasteiger partial charge in [-0.05, 0) is 75.0 Å². The third-order valence-corrected chi connectivity index (χ3v) is 10.8. The van der Waals surface area contributed by atoms with Crippen molar-refractivity contribution in [1.82, 2.24) is 0 Å². The molecule has 4 aliphatic heterocycles. The van der Waals surface area contributed by atoms with E-state index in [0.717, 1.165) is 25.7 Å². The van der Waals surface area contributed by atoms with Crippen LogP contribution in [0.3, 0.4) is 0 Å². The van der Waals surface area contributed by atoms with Gasteiger partial charge in [0.1, 0.15) is 0 Å². The fourth-order valence-corrected chi connectivity index (χ4v) is 8.33.